The van der Waals surface area contributed by atoms with E-state index in [-0.39, 0.29) is 5.60 Å². The largest absolute Gasteiger partial charge is 0.368 e. The first-order chi connectivity index (χ1) is 13.3. The fourth-order valence-electron chi connectivity index (χ4n) is 8.45. The van der Waals surface area contributed by atoms with Crippen molar-refractivity contribution in [1.82, 2.24) is 0 Å². The fraction of sp³-hybridized carbons (Fsp3) is 1.00. The van der Waals surface area contributed by atoms with Crippen LogP contribution in [0, 0.1) is 40.9 Å². The normalized spacial score (nSPS) is 44.5. The molecular formula is C26H46O2. The van der Waals surface area contributed by atoms with Gasteiger partial charge in [0, 0.05) is 0 Å². The Morgan fingerprint density at radius 3 is 2.46 bits per heavy atom. The zero-order chi connectivity index (χ0) is 19.9. The molecule has 2 nitrogen and oxygen atoms in total. The zero-order valence-electron chi connectivity index (χ0n) is 19.1. The summed E-state index contributed by atoms with van der Waals surface area (Å²) in [5.41, 5.74) is 0.433. The van der Waals surface area contributed by atoms with Crippen molar-refractivity contribution < 1.29 is 9.84 Å². The third-order valence-electron chi connectivity index (χ3n) is 9.57. The van der Waals surface area contributed by atoms with Crippen molar-refractivity contribution in [2.75, 3.05) is 0 Å². The lowest BCUT2D eigenvalue weighted by molar-refractivity contribution is -0.169. The van der Waals surface area contributed by atoms with E-state index < -0.39 is 6.29 Å². The van der Waals surface area contributed by atoms with Gasteiger partial charge in [-0.2, -0.15) is 0 Å². The maximum atomic E-state index is 10.2. The summed E-state index contributed by atoms with van der Waals surface area (Å²) in [5, 5.41) is 10.2. The number of rotatable bonds is 5. The molecule has 0 heterocycles. The molecule has 0 aliphatic heterocycles. The van der Waals surface area contributed by atoms with Crippen LogP contribution in [-0.4, -0.2) is 17.0 Å². The predicted molar refractivity (Wildman–Crippen MR) is 116 cm³/mol. The molecule has 4 fully saturated rings. The average Bonchev–Trinajstić information content (AvgIpc) is 3.03. The summed E-state index contributed by atoms with van der Waals surface area (Å²) in [6.45, 7) is 8.77. The van der Waals surface area contributed by atoms with Gasteiger partial charge in [0.05, 0.1) is 5.60 Å². The number of ether oxygens (including phenoxy) is 1. The maximum absolute atomic E-state index is 10.2. The van der Waals surface area contributed by atoms with E-state index in [1.54, 1.807) is 0 Å². The monoisotopic (exact) mass is 390 g/mol. The number of aliphatic hydroxyl groups is 1. The van der Waals surface area contributed by atoms with Crippen LogP contribution in [-0.2, 0) is 4.74 Å². The molecule has 4 rings (SSSR count). The summed E-state index contributed by atoms with van der Waals surface area (Å²) in [6.07, 6.45) is 17.7. The van der Waals surface area contributed by atoms with Crippen LogP contribution in [0.4, 0.5) is 0 Å². The van der Waals surface area contributed by atoms with Crippen LogP contribution >= 0.6 is 0 Å². The first kappa shape index (κ1) is 21.2. The second-order valence-electron chi connectivity index (χ2n) is 12.2. The summed E-state index contributed by atoms with van der Waals surface area (Å²) < 4.78 is 5.70. The first-order valence-corrected chi connectivity index (χ1v) is 12.6. The highest BCUT2D eigenvalue weighted by atomic mass is 16.6. The minimum absolute atomic E-state index is 0.246. The van der Waals surface area contributed by atoms with E-state index in [1.807, 2.05) is 20.8 Å². The van der Waals surface area contributed by atoms with Gasteiger partial charge in [0.25, 0.3) is 0 Å². The standard InChI is InChI=1S/C26H46O2/c1-25(2,3)28-24(27)10-7-8-18-11-13-21-20(18)15-16-23-22(21)14-12-19-9-5-6-17-26(19,23)4/h18-24,27H,5-17H2,1-4H3/t18-,19?,20+,21?,22?,23?,24?,26-/m0/s1. The maximum Gasteiger partial charge on any atom is 0.155 e. The molecule has 0 saturated heterocycles. The molecule has 0 aromatic rings. The molecule has 5 unspecified atom stereocenters. The highest BCUT2D eigenvalue weighted by molar-refractivity contribution is 5.04. The lowest BCUT2D eigenvalue weighted by Gasteiger charge is -2.58. The molecule has 0 radical (unpaired) electrons. The van der Waals surface area contributed by atoms with E-state index in [1.165, 1.54) is 70.6 Å². The van der Waals surface area contributed by atoms with Gasteiger partial charge in [-0.25, -0.2) is 0 Å². The molecule has 0 aromatic carbocycles. The van der Waals surface area contributed by atoms with E-state index in [4.69, 9.17) is 4.74 Å². The van der Waals surface area contributed by atoms with Crippen molar-refractivity contribution in [3.63, 3.8) is 0 Å². The van der Waals surface area contributed by atoms with Crippen LogP contribution in [0.15, 0.2) is 0 Å². The van der Waals surface area contributed by atoms with Crippen molar-refractivity contribution in [2.24, 2.45) is 40.9 Å². The quantitative estimate of drug-likeness (QED) is 0.515. The summed E-state index contributed by atoms with van der Waals surface area (Å²) in [6, 6.07) is 0. The smallest absolute Gasteiger partial charge is 0.155 e. The van der Waals surface area contributed by atoms with Gasteiger partial charge >= 0.3 is 0 Å². The van der Waals surface area contributed by atoms with Crippen molar-refractivity contribution in [3.8, 4) is 0 Å². The van der Waals surface area contributed by atoms with Gasteiger partial charge in [-0.1, -0.05) is 19.8 Å². The molecular weight excluding hydrogens is 344 g/mol. The number of hydrogen-bond donors (Lipinski definition) is 1. The summed E-state index contributed by atoms with van der Waals surface area (Å²) in [4.78, 5) is 0. The Bertz CT molecular complexity index is 523. The summed E-state index contributed by atoms with van der Waals surface area (Å²) >= 11 is 0. The third kappa shape index (κ3) is 4.20. The Labute approximate surface area is 174 Å². The lowest BCUT2D eigenvalue weighted by atomic mass is 9.47. The van der Waals surface area contributed by atoms with Crippen LogP contribution in [0.2, 0.25) is 0 Å². The van der Waals surface area contributed by atoms with Gasteiger partial charge in [-0.15, -0.1) is 0 Å². The van der Waals surface area contributed by atoms with Crippen LogP contribution < -0.4 is 0 Å². The topological polar surface area (TPSA) is 29.5 Å². The molecule has 0 bridgehead atoms. The van der Waals surface area contributed by atoms with Gasteiger partial charge in [-0.05, 0) is 132 Å². The Kier molecular flexibility index (Phi) is 6.21. The highest BCUT2D eigenvalue weighted by Crippen LogP contribution is 2.64. The van der Waals surface area contributed by atoms with Crippen LogP contribution in [0.1, 0.15) is 111 Å². The second-order valence-corrected chi connectivity index (χ2v) is 12.2. The van der Waals surface area contributed by atoms with E-state index in [2.05, 4.69) is 6.92 Å². The van der Waals surface area contributed by atoms with Crippen molar-refractivity contribution >= 4 is 0 Å². The SMILES string of the molecule is CC(C)(C)OC(O)CCC[C@H]1CCC2C3CCC4CCCC[C@]4(C)C3CC[C@@H]21. The molecule has 4 aliphatic carbocycles. The van der Waals surface area contributed by atoms with Crippen LogP contribution in [0.3, 0.4) is 0 Å². The van der Waals surface area contributed by atoms with Gasteiger partial charge in [0.2, 0.25) is 0 Å². The molecule has 4 aliphatic rings. The predicted octanol–water partition coefficient (Wildman–Crippen LogP) is 6.95. The Morgan fingerprint density at radius 1 is 0.929 bits per heavy atom. The van der Waals surface area contributed by atoms with Crippen molar-refractivity contribution in [1.29, 1.82) is 0 Å². The van der Waals surface area contributed by atoms with Gasteiger partial charge < -0.3 is 9.84 Å². The minimum atomic E-state index is -0.588. The van der Waals surface area contributed by atoms with E-state index in [9.17, 15) is 5.11 Å². The van der Waals surface area contributed by atoms with E-state index in [0.717, 1.165) is 48.3 Å². The van der Waals surface area contributed by atoms with Gasteiger partial charge in [0.1, 0.15) is 0 Å². The number of aliphatic hydroxyl groups excluding tert-OH is 1. The minimum Gasteiger partial charge on any atom is -0.368 e. The second kappa shape index (κ2) is 8.22. The summed E-state index contributed by atoms with van der Waals surface area (Å²) in [5.74, 6) is 6.06. The first-order valence-electron chi connectivity index (χ1n) is 12.6. The Balaban J connectivity index is 1.31. The molecule has 162 valence electrons. The molecule has 8 atom stereocenters. The zero-order valence-corrected chi connectivity index (χ0v) is 19.1. The molecule has 1 N–H and O–H groups in total. The van der Waals surface area contributed by atoms with Crippen molar-refractivity contribution in [3.05, 3.63) is 0 Å². The molecule has 0 amide bonds. The third-order valence-corrected chi connectivity index (χ3v) is 9.57. The van der Waals surface area contributed by atoms with Gasteiger partial charge in [-0.3, -0.25) is 0 Å². The summed E-state index contributed by atoms with van der Waals surface area (Å²) in [7, 11) is 0. The van der Waals surface area contributed by atoms with Crippen LogP contribution in [0.5, 0.6) is 0 Å². The van der Waals surface area contributed by atoms with E-state index in [0.29, 0.717) is 5.41 Å². The lowest BCUT2D eigenvalue weighted by Crippen LogP contribution is -2.50. The Hall–Kier alpha value is -0.0800. The van der Waals surface area contributed by atoms with E-state index >= 15 is 0 Å². The fourth-order valence-corrected chi connectivity index (χ4v) is 8.45. The average molecular weight is 391 g/mol. The number of hydrogen-bond acceptors (Lipinski definition) is 2. The van der Waals surface area contributed by atoms with Crippen molar-refractivity contribution in [2.45, 2.75) is 123 Å². The molecule has 2 heteroatoms. The molecule has 28 heavy (non-hydrogen) atoms. The number of fused-ring (bicyclic) bond motifs is 5. The molecule has 0 aromatic heterocycles. The molecule has 4 saturated carbocycles. The highest BCUT2D eigenvalue weighted by Gasteiger charge is 2.55. The van der Waals surface area contributed by atoms with Crippen LogP contribution in [0.25, 0.3) is 0 Å². The van der Waals surface area contributed by atoms with Gasteiger partial charge in [0.15, 0.2) is 6.29 Å². The Morgan fingerprint density at radius 2 is 1.68 bits per heavy atom. The molecule has 0 spiro atoms.